The first-order chi connectivity index (χ1) is 15.5. The second kappa shape index (κ2) is 8.31. The van der Waals surface area contributed by atoms with Crippen molar-refractivity contribution in [1.29, 1.82) is 0 Å². The maximum atomic E-state index is 13.2. The molecule has 0 aliphatic carbocycles. The highest BCUT2D eigenvalue weighted by Gasteiger charge is 2.31. The molecule has 1 saturated heterocycles. The van der Waals surface area contributed by atoms with Gasteiger partial charge in [0.1, 0.15) is 23.2 Å². The quantitative estimate of drug-likeness (QED) is 0.672. The molecule has 4 heterocycles. The average Bonchev–Trinajstić information content (AvgIpc) is 3.47. The number of hydrogen-bond donors (Lipinski definition) is 1. The lowest BCUT2D eigenvalue weighted by Gasteiger charge is -2.29. The molecule has 1 fully saturated rings. The number of hydrogen-bond acceptors (Lipinski definition) is 7. The van der Waals surface area contributed by atoms with Crippen LogP contribution in [-0.4, -0.2) is 58.0 Å². The van der Waals surface area contributed by atoms with Gasteiger partial charge in [-0.15, -0.1) is 0 Å². The lowest BCUT2D eigenvalue weighted by atomic mass is 10.0. The summed E-state index contributed by atoms with van der Waals surface area (Å²) in [6.45, 7) is 1.97. The van der Waals surface area contributed by atoms with E-state index in [2.05, 4.69) is 22.4 Å². The molecule has 9 heteroatoms. The van der Waals surface area contributed by atoms with Gasteiger partial charge in [0, 0.05) is 30.8 Å². The Hall–Kier alpha value is -3.33. The van der Waals surface area contributed by atoms with Gasteiger partial charge < -0.3 is 14.7 Å². The van der Waals surface area contributed by atoms with Crippen molar-refractivity contribution in [2.24, 2.45) is 0 Å². The molecule has 1 aromatic carbocycles. The number of amides is 1. The van der Waals surface area contributed by atoms with Crippen LogP contribution in [0.4, 0.5) is 10.2 Å². The fourth-order valence-electron chi connectivity index (χ4n) is 4.50. The highest BCUT2D eigenvalue weighted by atomic mass is 19.1. The van der Waals surface area contributed by atoms with E-state index in [0.29, 0.717) is 30.8 Å². The lowest BCUT2D eigenvalue weighted by Crippen LogP contribution is -2.37. The summed E-state index contributed by atoms with van der Waals surface area (Å²) >= 11 is 0. The smallest absolute Gasteiger partial charge is 0.292 e. The van der Waals surface area contributed by atoms with Crippen molar-refractivity contribution in [3.8, 4) is 11.3 Å². The Kier molecular flexibility index (Phi) is 5.34. The van der Waals surface area contributed by atoms with Gasteiger partial charge in [-0.3, -0.25) is 9.69 Å². The molecule has 0 unspecified atom stereocenters. The number of likely N-dealkylation sites (tertiary alicyclic amines) is 1. The topological polar surface area (TPSA) is 87.4 Å². The van der Waals surface area contributed by atoms with Gasteiger partial charge in [0.05, 0.1) is 18.3 Å². The number of nitrogens with one attached hydrogen (secondary N) is 1. The summed E-state index contributed by atoms with van der Waals surface area (Å²) in [5.74, 6) is 1.25. The zero-order valence-electron chi connectivity index (χ0n) is 18.1. The van der Waals surface area contributed by atoms with Crippen LogP contribution >= 0.6 is 0 Å². The minimum atomic E-state index is -0.327. The Balaban J connectivity index is 1.39. The van der Waals surface area contributed by atoms with E-state index in [1.807, 2.05) is 7.05 Å². The molecule has 0 spiro atoms. The van der Waals surface area contributed by atoms with Crippen LogP contribution in [0.3, 0.4) is 0 Å². The summed E-state index contributed by atoms with van der Waals surface area (Å²) in [6.07, 6.45) is 2.82. The molecule has 1 amide bonds. The summed E-state index contributed by atoms with van der Waals surface area (Å²) in [5.41, 5.74) is 3.12. The van der Waals surface area contributed by atoms with Gasteiger partial charge in [0.2, 0.25) is 5.76 Å². The molecular weight excluding hydrogens is 411 g/mol. The summed E-state index contributed by atoms with van der Waals surface area (Å²) in [6, 6.07) is 7.72. The molecule has 3 aromatic rings. The lowest BCUT2D eigenvalue weighted by molar-refractivity contribution is 0.0689. The highest BCUT2D eigenvalue weighted by Crippen LogP contribution is 2.32. The number of carbonyl (C=O) groups excluding carboxylic acids is 1. The van der Waals surface area contributed by atoms with E-state index >= 15 is 0 Å². The number of fused-ring (bicyclic) bond motifs is 1. The van der Waals surface area contributed by atoms with Crippen molar-refractivity contribution in [1.82, 2.24) is 24.9 Å². The van der Waals surface area contributed by atoms with E-state index in [1.54, 1.807) is 23.1 Å². The van der Waals surface area contributed by atoms with Gasteiger partial charge >= 0.3 is 0 Å². The molecule has 2 aromatic heterocycles. The first-order valence-electron chi connectivity index (χ1n) is 10.8. The van der Waals surface area contributed by atoms with Crippen LogP contribution in [0.2, 0.25) is 0 Å². The number of halogens is 1. The summed E-state index contributed by atoms with van der Waals surface area (Å²) < 4.78 is 18.5. The Morgan fingerprint density at radius 3 is 2.75 bits per heavy atom. The van der Waals surface area contributed by atoms with Crippen molar-refractivity contribution >= 4 is 11.7 Å². The standard InChI is InChI=1S/C23H25FN6O2/c1-25-21-16-9-11-30(13-18(16)26-22(27-21)19-4-3-10-29(19)2)23(31)20-12-17(28-32-20)14-5-7-15(24)8-6-14/h5-8,12,19H,3-4,9-11,13H2,1-2H3,(H,25,26,27)/t19-/m1/s1. The molecule has 2 aliphatic heterocycles. The first kappa shape index (κ1) is 20.6. The maximum Gasteiger partial charge on any atom is 0.292 e. The Morgan fingerprint density at radius 1 is 1.22 bits per heavy atom. The molecule has 0 saturated carbocycles. The molecule has 5 rings (SSSR count). The van der Waals surface area contributed by atoms with Gasteiger partial charge in [-0.25, -0.2) is 14.4 Å². The highest BCUT2D eigenvalue weighted by molar-refractivity contribution is 5.92. The van der Waals surface area contributed by atoms with Gasteiger partial charge in [-0.2, -0.15) is 0 Å². The Morgan fingerprint density at radius 2 is 2.03 bits per heavy atom. The molecule has 8 nitrogen and oxygen atoms in total. The van der Waals surface area contributed by atoms with Gasteiger partial charge in [-0.1, -0.05) is 5.16 Å². The number of aromatic nitrogens is 3. The van der Waals surface area contributed by atoms with E-state index in [4.69, 9.17) is 14.5 Å². The van der Waals surface area contributed by atoms with Crippen molar-refractivity contribution in [3.63, 3.8) is 0 Å². The van der Waals surface area contributed by atoms with Gasteiger partial charge in [-0.05, 0) is 57.1 Å². The normalized spacial score (nSPS) is 18.6. The fraction of sp³-hybridized carbons (Fsp3) is 0.391. The largest absolute Gasteiger partial charge is 0.373 e. The van der Waals surface area contributed by atoms with Gasteiger partial charge in [0.25, 0.3) is 5.91 Å². The minimum absolute atomic E-state index is 0.159. The number of anilines is 1. The van der Waals surface area contributed by atoms with E-state index < -0.39 is 0 Å². The SMILES string of the molecule is CNc1nc([C@H]2CCCN2C)nc2c1CCN(C(=O)c1cc(-c3ccc(F)cc3)no1)C2. The van der Waals surface area contributed by atoms with Crippen molar-refractivity contribution in [2.45, 2.75) is 31.8 Å². The molecule has 0 radical (unpaired) electrons. The Labute approximate surface area is 185 Å². The maximum absolute atomic E-state index is 13.2. The fourth-order valence-corrected chi connectivity index (χ4v) is 4.50. The van der Waals surface area contributed by atoms with Crippen molar-refractivity contribution in [3.05, 3.63) is 59.0 Å². The van der Waals surface area contributed by atoms with Crippen LogP contribution in [-0.2, 0) is 13.0 Å². The zero-order valence-corrected chi connectivity index (χ0v) is 18.1. The molecule has 2 aliphatic rings. The van der Waals surface area contributed by atoms with Crippen LogP contribution in [0.15, 0.2) is 34.9 Å². The summed E-state index contributed by atoms with van der Waals surface area (Å²) in [7, 11) is 3.96. The third-order valence-corrected chi connectivity index (χ3v) is 6.29. The molecule has 32 heavy (non-hydrogen) atoms. The number of carbonyl (C=O) groups is 1. The number of nitrogens with zero attached hydrogens (tertiary/aromatic N) is 5. The van der Waals surface area contributed by atoms with Crippen LogP contribution < -0.4 is 5.32 Å². The third-order valence-electron chi connectivity index (χ3n) is 6.29. The van der Waals surface area contributed by atoms with Crippen LogP contribution in [0.25, 0.3) is 11.3 Å². The van der Waals surface area contributed by atoms with E-state index in [0.717, 1.165) is 42.3 Å². The second-order valence-corrected chi connectivity index (χ2v) is 8.30. The second-order valence-electron chi connectivity index (χ2n) is 8.30. The molecule has 0 bridgehead atoms. The average molecular weight is 436 g/mol. The van der Waals surface area contributed by atoms with Gasteiger partial charge in [0.15, 0.2) is 0 Å². The first-order valence-corrected chi connectivity index (χ1v) is 10.8. The monoisotopic (exact) mass is 436 g/mol. The predicted octanol–water partition coefficient (Wildman–Crippen LogP) is 3.28. The van der Waals surface area contributed by atoms with Crippen molar-refractivity contribution in [2.75, 3.05) is 32.5 Å². The van der Waals surface area contributed by atoms with E-state index in [1.165, 1.54) is 12.1 Å². The summed E-state index contributed by atoms with van der Waals surface area (Å²) in [5, 5.41) is 7.20. The predicted molar refractivity (Wildman–Crippen MR) is 117 cm³/mol. The molecule has 1 N–H and O–H groups in total. The molecule has 166 valence electrons. The number of benzene rings is 1. The van der Waals surface area contributed by atoms with Crippen LogP contribution in [0.1, 0.15) is 46.5 Å². The van der Waals surface area contributed by atoms with Crippen LogP contribution in [0.5, 0.6) is 0 Å². The zero-order chi connectivity index (χ0) is 22.2. The van der Waals surface area contributed by atoms with Crippen molar-refractivity contribution < 1.29 is 13.7 Å². The summed E-state index contributed by atoms with van der Waals surface area (Å²) in [4.78, 5) is 26.8. The Bertz CT molecular complexity index is 1150. The van der Waals surface area contributed by atoms with Crippen LogP contribution in [0, 0.1) is 5.82 Å². The molecular formula is C23H25FN6O2. The minimum Gasteiger partial charge on any atom is -0.373 e. The third kappa shape index (κ3) is 3.73. The number of rotatable bonds is 4. The van der Waals surface area contributed by atoms with E-state index in [9.17, 15) is 9.18 Å². The van der Waals surface area contributed by atoms with E-state index in [-0.39, 0.29) is 23.5 Å². The molecule has 1 atom stereocenters.